The number of fused-ring (bicyclic) bond motifs is 2. The highest BCUT2D eigenvalue weighted by Gasteiger charge is 2.35. The standard InChI is InChI=1S/C28H37FO/c1-3-5-6-7-20-8-9-22-16-23(11-10-21(22)15-20)24-12-13-25-19-28(30-14-4-2)27(29)18-26(25)17-24/h4,12-13,17-23H,2-3,5-11,14-16H2,1H3/t20?,21-,22?,23-/m1/s1. The number of ether oxygens (including phenoxy) is 1. The number of unbranched alkanes of at least 4 members (excludes halogenated alkanes) is 2. The van der Waals surface area contributed by atoms with E-state index in [9.17, 15) is 4.39 Å². The van der Waals surface area contributed by atoms with E-state index in [1.165, 1.54) is 69.8 Å². The summed E-state index contributed by atoms with van der Waals surface area (Å²) in [5.74, 6) is 3.48. The average molecular weight is 409 g/mol. The van der Waals surface area contributed by atoms with Gasteiger partial charge in [0, 0.05) is 0 Å². The van der Waals surface area contributed by atoms with Gasteiger partial charge in [-0.05, 0) is 84.2 Å². The van der Waals surface area contributed by atoms with Gasteiger partial charge in [0.25, 0.3) is 0 Å². The van der Waals surface area contributed by atoms with Crippen molar-refractivity contribution in [1.29, 1.82) is 0 Å². The van der Waals surface area contributed by atoms with E-state index in [2.05, 4.69) is 31.7 Å². The van der Waals surface area contributed by atoms with Crippen molar-refractivity contribution in [1.82, 2.24) is 0 Å². The summed E-state index contributed by atoms with van der Waals surface area (Å²) in [7, 11) is 0. The highest BCUT2D eigenvalue weighted by Crippen LogP contribution is 2.48. The van der Waals surface area contributed by atoms with Gasteiger partial charge in [-0.3, -0.25) is 0 Å². The molecule has 2 unspecified atom stereocenters. The van der Waals surface area contributed by atoms with Crippen LogP contribution in [0.2, 0.25) is 0 Å². The molecule has 4 rings (SSSR count). The second-order valence-electron chi connectivity index (χ2n) is 9.69. The van der Waals surface area contributed by atoms with Crippen LogP contribution in [0.15, 0.2) is 43.0 Å². The molecular formula is C28H37FO. The second kappa shape index (κ2) is 9.98. The average Bonchev–Trinajstić information content (AvgIpc) is 2.77. The van der Waals surface area contributed by atoms with E-state index in [1.807, 2.05) is 6.07 Å². The predicted molar refractivity (Wildman–Crippen MR) is 125 cm³/mol. The van der Waals surface area contributed by atoms with Gasteiger partial charge >= 0.3 is 0 Å². The molecule has 162 valence electrons. The van der Waals surface area contributed by atoms with Crippen LogP contribution in [-0.4, -0.2) is 6.61 Å². The van der Waals surface area contributed by atoms with E-state index in [1.54, 1.807) is 12.1 Å². The van der Waals surface area contributed by atoms with E-state index < -0.39 is 0 Å². The van der Waals surface area contributed by atoms with Gasteiger partial charge in [0.15, 0.2) is 11.6 Å². The van der Waals surface area contributed by atoms with E-state index >= 15 is 0 Å². The Morgan fingerprint density at radius 2 is 1.83 bits per heavy atom. The summed E-state index contributed by atoms with van der Waals surface area (Å²) < 4.78 is 19.9. The van der Waals surface area contributed by atoms with Gasteiger partial charge in [-0.15, -0.1) is 0 Å². The molecule has 0 spiro atoms. The number of hydrogen-bond donors (Lipinski definition) is 0. The van der Waals surface area contributed by atoms with Crippen LogP contribution in [0.25, 0.3) is 10.8 Å². The highest BCUT2D eigenvalue weighted by atomic mass is 19.1. The molecule has 0 aromatic heterocycles. The fourth-order valence-corrected chi connectivity index (χ4v) is 6.02. The molecule has 2 aromatic carbocycles. The molecule has 2 fully saturated rings. The normalized spacial score (nSPS) is 26.3. The molecule has 4 atom stereocenters. The largest absolute Gasteiger partial charge is 0.486 e. The molecular weight excluding hydrogens is 371 g/mol. The zero-order valence-electron chi connectivity index (χ0n) is 18.5. The summed E-state index contributed by atoms with van der Waals surface area (Å²) in [6.45, 7) is 6.26. The van der Waals surface area contributed by atoms with Gasteiger partial charge in [0.2, 0.25) is 0 Å². The minimum Gasteiger partial charge on any atom is -0.486 e. The first-order valence-electron chi connectivity index (χ1n) is 12.1. The summed E-state index contributed by atoms with van der Waals surface area (Å²) in [6.07, 6.45) is 15.6. The number of halogens is 1. The molecule has 0 amide bonds. The first-order valence-corrected chi connectivity index (χ1v) is 12.1. The summed E-state index contributed by atoms with van der Waals surface area (Å²) in [5, 5.41) is 2.03. The number of hydrogen-bond acceptors (Lipinski definition) is 1. The fraction of sp³-hybridized carbons (Fsp3) is 0.571. The first-order chi connectivity index (χ1) is 14.7. The molecule has 2 aliphatic carbocycles. The zero-order valence-corrected chi connectivity index (χ0v) is 18.5. The van der Waals surface area contributed by atoms with Crippen molar-refractivity contribution in [3.8, 4) is 5.75 Å². The quantitative estimate of drug-likeness (QED) is 0.314. The lowest BCUT2D eigenvalue weighted by molar-refractivity contribution is 0.113. The van der Waals surface area contributed by atoms with Crippen molar-refractivity contribution in [2.24, 2.45) is 17.8 Å². The summed E-state index contributed by atoms with van der Waals surface area (Å²) >= 11 is 0. The Labute approximate surface area is 181 Å². The lowest BCUT2D eigenvalue weighted by atomic mass is 9.63. The maximum atomic E-state index is 14.4. The summed E-state index contributed by atoms with van der Waals surface area (Å²) in [5.41, 5.74) is 1.39. The van der Waals surface area contributed by atoms with Gasteiger partial charge in [0.1, 0.15) is 6.61 Å². The molecule has 2 heteroatoms. The molecule has 2 aliphatic rings. The molecule has 0 saturated heterocycles. The fourth-order valence-electron chi connectivity index (χ4n) is 6.02. The number of rotatable bonds is 8. The van der Waals surface area contributed by atoms with Crippen LogP contribution in [0.1, 0.15) is 82.6 Å². The molecule has 0 radical (unpaired) electrons. The van der Waals surface area contributed by atoms with E-state index in [0.717, 1.165) is 28.5 Å². The van der Waals surface area contributed by atoms with Crippen LogP contribution in [0.5, 0.6) is 5.75 Å². The Balaban J connectivity index is 1.41. The SMILES string of the molecule is C=CCOc1cc2ccc([C@@H]3CC[C@@H]4CC(CCCCC)CCC4C3)cc2cc1F. The van der Waals surface area contributed by atoms with Crippen LogP contribution >= 0.6 is 0 Å². The van der Waals surface area contributed by atoms with Crippen LogP contribution in [-0.2, 0) is 0 Å². The molecule has 0 heterocycles. The van der Waals surface area contributed by atoms with Gasteiger partial charge < -0.3 is 4.74 Å². The Morgan fingerprint density at radius 3 is 2.67 bits per heavy atom. The zero-order chi connectivity index (χ0) is 20.9. The maximum Gasteiger partial charge on any atom is 0.165 e. The van der Waals surface area contributed by atoms with Crippen molar-refractivity contribution in [2.75, 3.05) is 6.61 Å². The Morgan fingerprint density at radius 1 is 1.00 bits per heavy atom. The van der Waals surface area contributed by atoms with Crippen LogP contribution in [0, 0.1) is 23.6 Å². The Bertz CT molecular complexity index is 857. The molecule has 30 heavy (non-hydrogen) atoms. The highest BCUT2D eigenvalue weighted by molar-refractivity contribution is 5.84. The van der Waals surface area contributed by atoms with Crippen LogP contribution < -0.4 is 4.74 Å². The van der Waals surface area contributed by atoms with Gasteiger partial charge in [-0.1, -0.05) is 69.9 Å². The minimum absolute atomic E-state index is 0.286. The third-order valence-electron chi connectivity index (χ3n) is 7.68. The summed E-state index contributed by atoms with van der Waals surface area (Å²) in [6, 6.07) is 10.1. The first kappa shape index (κ1) is 21.4. The van der Waals surface area contributed by atoms with Crippen molar-refractivity contribution >= 4 is 10.8 Å². The van der Waals surface area contributed by atoms with Crippen molar-refractivity contribution in [2.45, 2.75) is 77.0 Å². The van der Waals surface area contributed by atoms with E-state index in [-0.39, 0.29) is 5.82 Å². The maximum absolute atomic E-state index is 14.4. The lowest BCUT2D eigenvalue weighted by Crippen LogP contribution is -2.30. The molecule has 0 N–H and O–H groups in total. The molecule has 0 aliphatic heterocycles. The smallest absolute Gasteiger partial charge is 0.165 e. The Hall–Kier alpha value is -1.83. The van der Waals surface area contributed by atoms with Crippen LogP contribution in [0.4, 0.5) is 4.39 Å². The molecule has 2 saturated carbocycles. The monoisotopic (exact) mass is 408 g/mol. The molecule has 1 nitrogen and oxygen atoms in total. The third-order valence-corrected chi connectivity index (χ3v) is 7.68. The summed E-state index contributed by atoms with van der Waals surface area (Å²) in [4.78, 5) is 0. The third kappa shape index (κ3) is 4.90. The van der Waals surface area contributed by atoms with Gasteiger partial charge in [0.05, 0.1) is 0 Å². The van der Waals surface area contributed by atoms with Gasteiger partial charge in [-0.25, -0.2) is 4.39 Å². The van der Waals surface area contributed by atoms with Crippen molar-refractivity contribution < 1.29 is 9.13 Å². The van der Waals surface area contributed by atoms with Crippen molar-refractivity contribution in [3.05, 3.63) is 54.4 Å². The van der Waals surface area contributed by atoms with Gasteiger partial charge in [-0.2, -0.15) is 0 Å². The second-order valence-corrected chi connectivity index (χ2v) is 9.69. The number of benzene rings is 2. The topological polar surface area (TPSA) is 9.23 Å². The van der Waals surface area contributed by atoms with Crippen molar-refractivity contribution in [3.63, 3.8) is 0 Å². The van der Waals surface area contributed by atoms with E-state index in [0.29, 0.717) is 18.3 Å². The molecule has 2 aromatic rings. The molecule has 0 bridgehead atoms. The lowest BCUT2D eigenvalue weighted by Gasteiger charge is -2.42. The van der Waals surface area contributed by atoms with Crippen LogP contribution in [0.3, 0.4) is 0 Å². The predicted octanol–water partition coefficient (Wildman–Crippen LogP) is 8.42. The minimum atomic E-state index is -0.286. The Kier molecular flexibility index (Phi) is 7.12. The van der Waals surface area contributed by atoms with E-state index in [4.69, 9.17) is 4.74 Å².